The van der Waals surface area contributed by atoms with Crippen LogP contribution in [0.25, 0.3) is 0 Å². The van der Waals surface area contributed by atoms with Crippen LogP contribution in [-0.2, 0) is 59.1 Å². The third-order valence-corrected chi connectivity index (χ3v) is 14.9. The zero-order valence-electron chi connectivity index (χ0n) is 33.1. The third kappa shape index (κ3) is 16.8. The minimum absolute atomic E-state index is 0.699. The minimum Gasteiger partial charge on any atom is -0.780 e. The maximum atomic E-state index is 10.7. The molecule has 5 aromatic carbocycles. The van der Waals surface area contributed by atoms with Gasteiger partial charge in [-0.2, -0.15) is 18.1 Å². The second-order valence-corrected chi connectivity index (χ2v) is 19.4. The molecule has 0 aliphatic carbocycles. The fourth-order valence-corrected chi connectivity index (χ4v) is 12.9. The number of hydrogen-bond donors (Lipinski definition) is 0. The summed E-state index contributed by atoms with van der Waals surface area (Å²) in [6, 6.07) is 45.6. The average molecular weight is 1100 g/mol. The van der Waals surface area contributed by atoms with Gasteiger partial charge in [0.15, 0.2) is 10.1 Å². The van der Waals surface area contributed by atoms with Gasteiger partial charge in [0.25, 0.3) is 0 Å². The Bertz CT molecular complexity index is 1850. The van der Waals surface area contributed by atoms with Crippen molar-refractivity contribution in [2.45, 2.75) is 10.4 Å². The molecule has 0 fully saturated rings. The first-order valence-electron chi connectivity index (χ1n) is 16.9. The van der Waals surface area contributed by atoms with Crippen molar-refractivity contribution < 1.29 is 62.5 Å². The Kier molecular flexibility index (Phi) is 25.2. The maximum Gasteiger partial charge on any atom is -0.0624 e. The molecule has 5 aromatic rings. The van der Waals surface area contributed by atoms with Gasteiger partial charge in [0, 0.05) is 106 Å². The van der Waals surface area contributed by atoms with Crippen LogP contribution >= 0.6 is 34.9 Å². The van der Waals surface area contributed by atoms with E-state index in [2.05, 4.69) is 228 Å². The summed E-state index contributed by atoms with van der Waals surface area (Å²) >= 11 is 9.26. The zero-order chi connectivity index (χ0) is 44.2. The number of rotatable bonds is 10. The fraction of sp³-hybridized carbons (Fsp3) is 0.250. The quantitative estimate of drug-likeness (QED) is 0.0454. The number of alkyl halides is 3. The average Bonchev–Trinajstić information content (AvgIpc) is 3.20. The molecule has 18 heteroatoms. The van der Waals surface area contributed by atoms with Crippen LogP contribution in [0.3, 0.4) is 0 Å². The van der Waals surface area contributed by atoms with Gasteiger partial charge in [-0.25, -0.2) is 8.42 Å². The molecule has 0 atom stereocenters. The summed E-state index contributed by atoms with van der Waals surface area (Å²) in [4.78, 5) is 9.99. The van der Waals surface area contributed by atoms with Crippen LogP contribution in [0.1, 0.15) is 0 Å². The number of halogens is 5. The van der Waals surface area contributed by atoms with Gasteiger partial charge in [0.2, 0.25) is 0 Å². The van der Waals surface area contributed by atoms with Gasteiger partial charge in [-0.1, -0.05) is 103 Å². The molecular weight excluding hydrogens is 1050 g/mol. The number of nitrogens with zero attached hydrogens (tertiary/aromatic N) is 4. The van der Waals surface area contributed by atoms with Gasteiger partial charge in [0.05, 0.1) is 0 Å². The summed E-state index contributed by atoms with van der Waals surface area (Å²) in [6.07, 6.45) is 0. The SMILES string of the molecule is CN(C)c1ccccc1P(CP(c1ccccc1N(C)C)c1ccccc1N(C)C)c1ccccc1N(C)C.O=S(=O)([O-])C(F)(F)F.[Cl][Pd+].[Cl][Pd+].[S-]c1ccccc1. The van der Waals surface area contributed by atoms with E-state index in [1.807, 2.05) is 30.3 Å². The smallest absolute Gasteiger partial charge is 0.0624 e. The molecule has 0 saturated carbocycles. The molecule has 322 valence electrons. The molecular formula is C40H47Cl2F3N4O3P2Pd2S2. The van der Waals surface area contributed by atoms with E-state index in [4.69, 9.17) is 25.6 Å². The molecule has 0 heterocycles. The number of hydrogen-bond acceptors (Lipinski definition) is 8. The molecule has 58 heavy (non-hydrogen) atoms. The molecule has 0 aromatic heterocycles. The normalized spacial score (nSPS) is 10.7. The molecule has 0 amide bonds. The second kappa shape index (κ2) is 27.0. The maximum absolute atomic E-state index is 10.7. The van der Waals surface area contributed by atoms with E-state index in [-0.39, 0.29) is 0 Å². The van der Waals surface area contributed by atoms with E-state index < -0.39 is 31.5 Å². The molecule has 0 bridgehead atoms. The summed E-state index contributed by atoms with van der Waals surface area (Å²) in [5.74, 6) is 1.07. The Morgan fingerprint density at radius 3 is 0.897 bits per heavy atom. The van der Waals surface area contributed by atoms with Gasteiger partial charge >= 0.3 is 60.9 Å². The van der Waals surface area contributed by atoms with E-state index in [1.54, 1.807) is 0 Å². The van der Waals surface area contributed by atoms with Crippen LogP contribution in [0.5, 0.6) is 0 Å². The van der Waals surface area contributed by atoms with Gasteiger partial charge < -0.3 is 36.8 Å². The fourth-order valence-electron chi connectivity index (χ4n) is 5.41. The van der Waals surface area contributed by atoms with E-state index in [0.717, 1.165) is 10.8 Å². The van der Waals surface area contributed by atoms with Crippen LogP contribution in [-0.4, -0.2) is 80.8 Å². The summed E-state index contributed by atoms with van der Waals surface area (Å²) in [5, 5.41) is 5.74. The molecule has 0 aliphatic rings. The van der Waals surface area contributed by atoms with Crippen molar-refractivity contribution in [2.75, 3.05) is 81.9 Å². The molecule has 0 saturated heterocycles. The van der Waals surface area contributed by atoms with Crippen molar-refractivity contribution in [3.63, 3.8) is 0 Å². The Morgan fingerprint density at radius 2 is 0.724 bits per heavy atom. The van der Waals surface area contributed by atoms with Crippen molar-refractivity contribution in [1.82, 2.24) is 0 Å². The van der Waals surface area contributed by atoms with Crippen molar-refractivity contribution >= 4 is 102 Å². The zero-order valence-corrected chi connectivity index (χ0v) is 41.1. The Labute approximate surface area is 380 Å². The van der Waals surface area contributed by atoms with Gasteiger partial charge in [-0.05, 0) is 40.1 Å². The van der Waals surface area contributed by atoms with Crippen molar-refractivity contribution in [3.8, 4) is 0 Å². The Morgan fingerprint density at radius 1 is 0.517 bits per heavy atom. The van der Waals surface area contributed by atoms with Crippen LogP contribution in [0, 0.1) is 0 Å². The van der Waals surface area contributed by atoms with Gasteiger partial charge in [0.1, 0.15) is 0 Å². The molecule has 0 N–H and O–H groups in total. The first-order chi connectivity index (χ1) is 27.3. The molecule has 7 nitrogen and oxygen atoms in total. The van der Waals surface area contributed by atoms with Crippen molar-refractivity contribution in [2.24, 2.45) is 0 Å². The summed E-state index contributed by atoms with van der Waals surface area (Å²) in [6.45, 7) is 0. The van der Waals surface area contributed by atoms with Crippen LogP contribution in [0.4, 0.5) is 35.9 Å². The first-order valence-corrected chi connectivity index (χ1v) is 25.8. The molecule has 0 radical (unpaired) electrons. The number of benzene rings is 5. The molecule has 0 spiro atoms. The third-order valence-electron chi connectivity index (χ3n) is 7.93. The topological polar surface area (TPSA) is 70.2 Å². The Hall–Kier alpha value is -2.02. The molecule has 0 unspecified atom stereocenters. The summed E-state index contributed by atoms with van der Waals surface area (Å²) < 4.78 is 58.9. The van der Waals surface area contributed by atoms with E-state index in [9.17, 15) is 13.2 Å². The largest absolute Gasteiger partial charge is 0.780 e. The van der Waals surface area contributed by atoms with Crippen LogP contribution in [0.15, 0.2) is 132 Å². The van der Waals surface area contributed by atoms with E-state index >= 15 is 0 Å². The Balaban J connectivity index is 0.000000732. The summed E-state index contributed by atoms with van der Waals surface area (Å²) in [7, 11) is 18.8. The van der Waals surface area contributed by atoms with Crippen molar-refractivity contribution in [3.05, 3.63) is 127 Å². The van der Waals surface area contributed by atoms with Crippen molar-refractivity contribution in [1.29, 1.82) is 0 Å². The number of anilines is 4. The predicted molar refractivity (Wildman–Crippen MR) is 240 cm³/mol. The minimum atomic E-state index is -6.09. The van der Waals surface area contributed by atoms with Crippen LogP contribution < -0.4 is 40.8 Å². The standard InChI is InChI=1S/C33H42N4P2.C6H6S.CHF3O3S.2ClH.2Pd/c1-34(2)26-17-9-13-21-30(26)38(31-22-14-10-18-27(31)35(3)4)25-39(32-23-15-11-19-28(32)36(5)6)33-24-16-12-20-29(33)37(7)8;7-6-4-2-1-3-5-6;2-1(3,4)8(5,6)7;;;;/h9-24H,25H2,1-8H3;1-5,7H;(H,5,6,7);2*1H;;/q;;;;;2*+2/p-4. The number of para-hydroxylation sites is 4. The molecule has 5 rings (SSSR count). The van der Waals surface area contributed by atoms with E-state index in [0.29, 0.717) is 0 Å². The van der Waals surface area contributed by atoms with E-state index in [1.165, 1.54) is 44.0 Å². The predicted octanol–water partition coefficient (Wildman–Crippen LogP) is 8.49. The van der Waals surface area contributed by atoms with Gasteiger partial charge in [-0.15, -0.1) is 0 Å². The van der Waals surface area contributed by atoms with Crippen LogP contribution in [0.2, 0.25) is 0 Å². The first kappa shape index (κ1) is 54.0. The summed E-state index contributed by atoms with van der Waals surface area (Å²) in [5.41, 5.74) is -0.446. The monoisotopic (exact) mass is 1100 g/mol. The van der Waals surface area contributed by atoms with Gasteiger partial charge in [-0.3, -0.25) is 0 Å². The molecule has 0 aliphatic heterocycles. The second-order valence-electron chi connectivity index (χ2n) is 12.7.